The van der Waals surface area contributed by atoms with Crippen molar-refractivity contribution in [1.29, 1.82) is 0 Å². The third-order valence-electron chi connectivity index (χ3n) is 12.7. The summed E-state index contributed by atoms with van der Waals surface area (Å²) in [6.07, 6.45) is 0. The molecule has 1 heteroatoms. The van der Waals surface area contributed by atoms with E-state index in [-0.39, 0.29) is 0 Å². The smallest absolute Gasteiger partial charge is 0.0462 e. The first-order valence-electron chi connectivity index (χ1n) is 23.0. The summed E-state index contributed by atoms with van der Waals surface area (Å²) in [6.45, 7) is 0. The fourth-order valence-corrected chi connectivity index (χ4v) is 9.29. The molecule has 0 aliphatic heterocycles. The zero-order valence-electron chi connectivity index (χ0n) is 37.1. The summed E-state index contributed by atoms with van der Waals surface area (Å²) in [7, 11) is 0. The fraction of sp³-hybridized carbons (Fsp3) is 0. The van der Waals surface area contributed by atoms with E-state index in [1.54, 1.807) is 0 Å². The Morgan fingerprint density at radius 1 is 0.164 bits per heavy atom. The minimum atomic E-state index is 1.07. The van der Waals surface area contributed by atoms with Crippen LogP contribution in [0, 0.1) is 0 Å². The van der Waals surface area contributed by atoms with E-state index in [0.29, 0.717) is 0 Å². The van der Waals surface area contributed by atoms with Crippen molar-refractivity contribution in [3.63, 3.8) is 0 Å². The van der Waals surface area contributed by atoms with Crippen molar-refractivity contribution < 1.29 is 0 Å². The Morgan fingerprint density at radius 2 is 0.388 bits per heavy atom. The predicted molar refractivity (Wildman–Crippen MR) is 285 cm³/mol. The maximum atomic E-state index is 2.37. The van der Waals surface area contributed by atoms with Crippen molar-refractivity contribution in [3.05, 3.63) is 285 Å². The Kier molecular flexibility index (Phi) is 11.5. The minimum absolute atomic E-state index is 1.07. The van der Waals surface area contributed by atoms with Gasteiger partial charge in [-0.05, 0) is 156 Å². The molecule has 0 amide bonds. The summed E-state index contributed by atoms with van der Waals surface area (Å²) in [6, 6.07) is 103. The van der Waals surface area contributed by atoms with E-state index in [9.17, 15) is 0 Å². The maximum absolute atomic E-state index is 2.37. The Hall–Kier alpha value is -8.78. The second kappa shape index (κ2) is 18.7. The molecule has 0 fully saturated rings. The number of benzene rings is 11. The highest BCUT2D eigenvalue weighted by molar-refractivity contribution is 5.98. The molecule has 0 heterocycles. The lowest BCUT2D eigenvalue weighted by Gasteiger charge is -2.26. The first kappa shape index (κ1) is 41.0. The number of nitrogens with zero attached hydrogens (tertiary/aromatic N) is 1. The Labute approximate surface area is 394 Å². The summed E-state index contributed by atoms with van der Waals surface area (Å²) in [5.74, 6) is 0. The van der Waals surface area contributed by atoms with Crippen LogP contribution in [0.5, 0.6) is 0 Å². The largest absolute Gasteiger partial charge is 0.311 e. The van der Waals surface area contributed by atoms with Gasteiger partial charge < -0.3 is 4.90 Å². The fourth-order valence-electron chi connectivity index (χ4n) is 9.29. The number of hydrogen-bond acceptors (Lipinski definition) is 1. The standard InChI is InChI=1S/C66H47N/c1-7-19-48(20-8-1)52-31-37-61(38-32-52)67(62-39-33-53(34-40-62)59-44-57(49-21-9-2-10-22-49)43-58(45-59)50-23-11-3-12-24-50)63-41-35-56(36-42-63)66-64(54-27-15-5-16-28-54)46-60(51-25-13-4-14-26-51)47-65(66)55-29-17-6-18-30-55/h1-47H. The number of hydrogen-bond donors (Lipinski definition) is 0. The van der Waals surface area contributed by atoms with Crippen LogP contribution in [-0.4, -0.2) is 0 Å². The van der Waals surface area contributed by atoms with Crippen molar-refractivity contribution in [2.75, 3.05) is 4.90 Å². The van der Waals surface area contributed by atoms with Crippen LogP contribution < -0.4 is 4.90 Å². The molecule has 0 aliphatic rings. The molecule has 11 rings (SSSR count). The van der Waals surface area contributed by atoms with Gasteiger partial charge in [-0.3, -0.25) is 0 Å². The highest BCUT2D eigenvalue weighted by Crippen LogP contribution is 2.45. The van der Waals surface area contributed by atoms with Gasteiger partial charge in [-0.1, -0.05) is 218 Å². The number of rotatable bonds is 11. The van der Waals surface area contributed by atoms with Gasteiger partial charge in [0.1, 0.15) is 0 Å². The Bertz CT molecular complexity index is 3250. The normalized spacial score (nSPS) is 11.0. The summed E-state index contributed by atoms with van der Waals surface area (Å²) in [5.41, 5.74) is 22.3. The molecule has 0 radical (unpaired) electrons. The van der Waals surface area contributed by atoms with Crippen LogP contribution in [-0.2, 0) is 0 Å². The lowest BCUT2D eigenvalue weighted by atomic mass is 9.84. The van der Waals surface area contributed by atoms with E-state index in [4.69, 9.17) is 0 Å². The average molecular weight is 854 g/mol. The van der Waals surface area contributed by atoms with Gasteiger partial charge in [0.05, 0.1) is 0 Å². The molecular formula is C66H47N. The molecule has 67 heavy (non-hydrogen) atoms. The van der Waals surface area contributed by atoms with Crippen molar-refractivity contribution in [2.45, 2.75) is 0 Å². The van der Waals surface area contributed by atoms with E-state index in [1.807, 2.05) is 0 Å². The van der Waals surface area contributed by atoms with Crippen LogP contribution in [0.3, 0.4) is 0 Å². The molecule has 0 aromatic heterocycles. The third-order valence-corrected chi connectivity index (χ3v) is 12.7. The second-order valence-electron chi connectivity index (χ2n) is 16.9. The van der Waals surface area contributed by atoms with Crippen LogP contribution in [0.1, 0.15) is 0 Å². The molecular weight excluding hydrogens is 807 g/mol. The Balaban J connectivity index is 1.03. The van der Waals surface area contributed by atoms with Gasteiger partial charge in [0.15, 0.2) is 0 Å². The van der Waals surface area contributed by atoms with Gasteiger partial charge in [-0.15, -0.1) is 0 Å². The minimum Gasteiger partial charge on any atom is -0.311 e. The zero-order chi connectivity index (χ0) is 44.8. The second-order valence-corrected chi connectivity index (χ2v) is 16.9. The number of anilines is 3. The van der Waals surface area contributed by atoms with Gasteiger partial charge >= 0.3 is 0 Å². The average Bonchev–Trinajstić information content (AvgIpc) is 3.42. The first-order valence-corrected chi connectivity index (χ1v) is 23.0. The van der Waals surface area contributed by atoms with Crippen LogP contribution in [0.25, 0.3) is 89.0 Å². The summed E-state index contributed by atoms with van der Waals surface area (Å²) in [4.78, 5) is 2.37. The van der Waals surface area contributed by atoms with E-state index in [2.05, 4.69) is 290 Å². The monoisotopic (exact) mass is 853 g/mol. The van der Waals surface area contributed by atoms with Crippen molar-refractivity contribution >= 4 is 17.1 Å². The van der Waals surface area contributed by atoms with Gasteiger partial charge in [0.25, 0.3) is 0 Å². The van der Waals surface area contributed by atoms with E-state index in [0.717, 1.165) is 28.2 Å². The van der Waals surface area contributed by atoms with E-state index < -0.39 is 0 Å². The Morgan fingerprint density at radius 3 is 0.701 bits per heavy atom. The third kappa shape index (κ3) is 8.75. The molecule has 11 aromatic carbocycles. The summed E-state index contributed by atoms with van der Waals surface area (Å²) in [5, 5.41) is 0. The molecule has 0 unspecified atom stereocenters. The molecule has 0 saturated carbocycles. The van der Waals surface area contributed by atoms with Crippen molar-refractivity contribution in [3.8, 4) is 89.0 Å². The van der Waals surface area contributed by atoms with Gasteiger partial charge in [-0.2, -0.15) is 0 Å². The van der Waals surface area contributed by atoms with Crippen LogP contribution in [0.4, 0.5) is 17.1 Å². The lowest BCUT2D eigenvalue weighted by Crippen LogP contribution is -2.09. The quantitative estimate of drug-likeness (QED) is 0.125. The SMILES string of the molecule is c1ccc(-c2ccc(N(c3ccc(-c4cc(-c5ccccc5)cc(-c5ccccc5)c4)cc3)c3ccc(-c4c(-c5ccccc5)cc(-c5ccccc5)cc4-c4ccccc4)cc3)cc2)cc1. The topological polar surface area (TPSA) is 3.24 Å². The van der Waals surface area contributed by atoms with Gasteiger partial charge in [-0.25, -0.2) is 0 Å². The van der Waals surface area contributed by atoms with Gasteiger partial charge in [0, 0.05) is 17.1 Å². The molecule has 0 saturated heterocycles. The molecule has 11 aromatic rings. The van der Waals surface area contributed by atoms with E-state index >= 15 is 0 Å². The highest BCUT2D eigenvalue weighted by atomic mass is 15.1. The molecule has 1 nitrogen and oxygen atoms in total. The predicted octanol–water partition coefficient (Wildman–Crippen LogP) is 18.5. The molecule has 0 aliphatic carbocycles. The van der Waals surface area contributed by atoms with Crippen LogP contribution >= 0.6 is 0 Å². The molecule has 0 N–H and O–H groups in total. The molecule has 316 valence electrons. The van der Waals surface area contributed by atoms with Crippen LogP contribution in [0.2, 0.25) is 0 Å². The maximum Gasteiger partial charge on any atom is 0.0462 e. The zero-order valence-corrected chi connectivity index (χ0v) is 37.1. The summed E-state index contributed by atoms with van der Waals surface area (Å²) < 4.78 is 0. The van der Waals surface area contributed by atoms with Crippen LogP contribution in [0.15, 0.2) is 285 Å². The van der Waals surface area contributed by atoms with Gasteiger partial charge in [0.2, 0.25) is 0 Å². The lowest BCUT2D eigenvalue weighted by molar-refractivity contribution is 1.28. The molecule has 0 spiro atoms. The molecule has 0 atom stereocenters. The van der Waals surface area contributed by atoms with E-state index in [1.165, 1.54) is 77.9 Å². The van der Waals surface area contributed by atoms with Crippen molar-refractivity contribution in [2.24, 2.45) is 0 Å². The van der Waals surface area contributed by atoms with Crippen molar-refractivity contribution in [1.82, 2.24) is 0 Å². The summed E-state index contributed by atoms with van der Waals surface area (Å²) >= 11 is 0. The first-order chi connectivity index (χ1) is 33.2. The molecule has 0 bridgehead atoms. The highest BCUT2D eigenvalue weighted by Gasteiger charge is 2.19.